The summed E-state index contributed by atoms with van der Waals surface area (Å²) < 4.78 is 61.2. The van der Waals surface area contributed by atoms with Gasteiger partial charge in [0.05, 0.1) is 22.6 Å². The van der Waals surface area contributed by atoms with E-state index >= 15 is 0 Å². The van der Waals surface area contributed by atoms with Crippen LogP contribution in [0.1, 0.15) is 21.5 Å². The quantitative estimate of drug-likeness (QED) is 0.257. The summed E-state index contributed by atoms with van der Waals surface area (Å²) in [4.78, 5) is 13.0. The molecule has 0 spiro atoms. The van der Waals surface area contributed by atoms with Gasteiger partial charge in [0.2, 0.25) is 0 Å². The molecule has 0 saturated heterocycles. The van der Waals surface area contributed by atoms with E-state index in [2.05, 4.69) is 14.8 Å². The molecule has 0 aromatic heterocycles. The molecule has 0 radical (unpaired) electrons. The van der Waals surface area contributed by atoms with Crippen LogP contribution < -0.4 is 19.5 Å². The van der Waals surface area contributed by atoms with E-state index in [1.54, 1.807) is 55.5 Å². The summed E-state index contributed by atoms with van der Waals surface area (Å²) in [6, 6.07) is 23.2. The highest BCUT2D eigenvalue weighted by molar-refractivity contribution is 7.93. The van der Waals surface area contributed by atoms with Crippen molar-refractivity contribution in [2.45, 2.75) is 23.6 Å². The highest BCUT2D eigenvalue weighted by Gasteiger charge is 2.18. The highest BCUT2D eigenvalue weighted by atomic mass is 32.2. The van der Waals surface area contributed by atoms with Crippen LogP contribution in [0.3, 0.4) is 0 Å². The van der Waals surface area contributed by atoms with Crippen LogP contribution in [0.15, 0.2) is 101 Å². The molecule has 4 aromatic carbocycles. The maximum atomic E-state index is 12.9. The number of hydrogen-bond donors (Lipinski definition) is 3. The summed E-state index contributed by atoms with van der Waals surface area (Å²) in [5.41, 5.74) is 2.81. The van der Waals surface area contributed by atoms with Gasteiger partial charge in [-0.1, -0.05) is 23.8 Å². The number of benzene rings is 4. The highest BCUT2D eigenvalue weighted by Crippen LogP contribution is 2.24. The summed E-state index contributed by atoms with van der Waals surface area (Å²) in [5, 5.41) is 2.70. The second kappa shape index (κ2) is 11.2. The summed E-state index contributed by atoms with van der Waals surface area (Å²) in [7, 11) is -6.18. The lowest BCUT2D eigenvalue weighted by Crippen LogP contribution is -2.16. The Bertz CT molecular complexity index is 1700. The first-order chi connectivity index (χ1) is 18.5. The van der Waals surface area contributed by atoms with Gasteiger partial charge in [-0.25, -0.2) is 16.8 Å². The average molecular weight is 566 g/mol. The second-order valence-corrected chi connectivity index (χ2v) is 12.1. The Morgan fingerprint density at radius 1 is 0.667 bits per heavy atom. The second-order valence-electron chi connectivity index (χ2n) is 8.76. The molecule has 9 nitrogen and oxygen atoms in total. The normalized spacial score (nSPS) is 11.5. The molecule has 0 atom stereocenters. The van der Waals surface area contributed by atoms with Gasteiger partial charge in [-0.3, -0.25) is 14.2 Å². The minimum absolute atomic E-state index is 0.0134. The third kappa shape index (κ3) is 6.75. The van der Waals surface area contributed by atoms with Crippen molar-refractivity contribution in [1.29, 1.82) is 0 Å². The maximum absolute atomic E-state index is 12.9. The predicted octanol–water partition coefficient (Wildman–Crippen LogP) is 5.17. The van der Waals surface area contributed by atoms with Crippen molar-refractivity contribution in [3.8, 4) is 5.75 Å². The van der Waals surface area contributed by atoms with E-state index in [1.807, 2.05) is 6.92 Å². The SMILES string of the molecule is COc1ccc(NS(=O)(=O)c2ccc(NC(=O)c3ccc(C)c(NS(=O)(=O)c4ccc(C)cc4)c3)cc2)cc1. The fraction of sp³-hybridized carbons (Fsp3) is 0.107. The number of ether oxygens (including phenoxy) is 1. The lowest BCUT2D eigenvalue weighted by molar-refractivity contribution is 0.102. The van der Waals surface area contributed by atoms with Gasteiger partial charge in [-0.2, -0.15) is 0 Å². The van der Waals surface area contributed by atoms with Gasteiger partial charge >= 0.3 is 0 Å². The Morgan fingerprint density at radius 3 is 1.79 bits per heavy atom. The predicted molar refractivity (Wildman–Crippen MR) is 151 cm³/mol. The van der Waals surface area contributed by atoms with Crippen LogP contribution in [-0.2, 0) is 20.0 Å². The van der Waals surface area contributed by atoms with E-state index in [1.165, 1.54) is 49.6 Å². The molecular formula is C28H27N3O6S2. The first-order valence-corrected chi connectivity index (χ1v) is 14.7. The lowest BCUT2D eigenvalue weighted by atomic mass is 10.1. The third-order valence-electron chi connectivity index (χ3n) is 5.84. The molecule has 11 heteroatoms. The van der Waals surface area contributed by atoms with E-state index in [4.69, 9.17) is 4.74 Å². The number of rotatable bonds is 9. The van der Waals surface area contributed by atoms with Crippen molar-refractivity contribution in [3.63, 3.8) is 0 Å². The van der Waals surface area contributed by atoms with E-state index in [0.29, 0.717) is 22.7 Å². The third-order valence-corrected chi connectivity index (χ3v) is 8.62. The van der Waals surface area contributed by atoms with Gasteiger partial charge in [0.15, 0.2) is 0 Å². The molecule has 0 aliphatic carbocycles. The molecule has 0 unspecified atom stereocenters. The van der Waals surface area contributed by atoms with Crippen molar-refractivity contribution in [2.24, 2.45) is 0 Å². The van der Waals surface area contributed by atoms with Crippen LogP contribution in [0.2, 0.25) is 0 Å². The molecule has 4 rings (SSSR count). The van der Waals surface area contributed by atoms with Crippen LogP contribution in [0.4, 0.5) is 17.1 Å². The Kier molecular flexibility index (Phi) is 7.93. The zero-order chi connectivity index (χ0) is 28.2. The Hall–Kier alpha value is -4.35. The first-order valence-electron chi connectivity index (χ1n) is 11.8. The molecule has 3 N–H and O–H groups in total. The van der Waals surface area contributed by atoms with E-state index in [0.717, 1.165) is 5.56 Å². The number of aryl methyl sites for hydroxylation is 2. The van der Waals surface area contributed by atoms with Crippen molar-refractivity contribution in [3.05, 3.63) is 108 Å². The molecule has 0 fully saturated rings. The van der Waals surface area contributed by atoms with Gasteiger partial charge < -0.3 is 10.1 Å². The van der Waals surface area contributed by atoms with Crippen LogP contribution in [0.5, 0.6) is 5.75 Å². The van der Waals surface area contributed by atoms with Gasteiger partial charge in [-0.05, 0) is 92.2 Å². The van der Waals surface area contributed by atoms with E-state index in [-0.39, 0.29) is 21.0 Å². The molecule has 0 aliphatic heterocycles. The number of sulfonamides is 2. The monoisotopic (exact) mass is 565 g/mol. The minimum Gasteiger partial charge on any atom is -0.497 e. The molecule has 4 aromatic rings. The smallest absolute Gasteiger partial charge is 0.261 e. The number of anilines is 3. The van der Waals surface area contributed by atoms with Crippen molar-refractivity contribution < 1.29 is 26.4 Å². The molecule has 202 valence electrons. The molecule has 0 aliphatic rings. The zero-order valence-electron chi connectivity index (χ0n) is 21.4. The van der Waals surface area contributed by atoms with Crippen LogP contribution in [0, 0.1) is 13.8 Å². The molecule has 0 bridgehead atoms. The number of amides is 1. The molecule has 0 saturated carbocycles. The van der Waals surface area contributed by atoms with Gasteiger partial charge in [0, 0.05) is 16.9 Å². The van der Waals surface area contributed by atoms with E-state index in [9.17, 15) is 21.6 Å². The van der Waals surface area contributed by atoms with Gasteiger partial charge in [-0.15, -0.1) is 0 Å². The van der Waals surface area contributed by atoms with Crippen LogP contribution >= 0.6 is 0 Å². The lowest BCUT2D eigenvalue weighted by Gasteiger charge is -2.13. The Balaban J connectivity index is 1.46. The number of nitrogens with one attached hydrogen (secondary N) is 3. The largest absolute Gasteiger partial charge is 0.497 e. The summed E-state index contributed by atoms with van der Waals surface area (Å²) in [5.74, 6) is 0.111. The molecule has 0 heterocycles. The van der Waals surface area contributed by atoms with E-state index < -0.39 is 26.0 Å². The number of carbonyl (C=O) groups excluding carboxylic acids is 1. The summed E-state index contributed by atoms with van der Waals surface area (Å²) >= 11 is 0. The van der Waals surface area contributed by atoms with Gasteiger partial charge in [0.1, 0.15) is 5.75 Å². The van der Waals surface area contributed by atoms with Gasteiger partial charge in [0.25, 0.3) is 26.0 Å². The van der Waals surface area contributed by atoms with Crippen molar-refractivity contribution in [2.75, 3.05) is 21.9 Å². The Labute approximate surface area is 228 Å². The standard InChI is InChI=1S/C28H27N3O6S2/c1-19-4-14-25(15-5-19)39(35,36)31-27-18-21(7-6-20(27)2)28(32)29-22-10-16-26(17-11-22)38(33,34)30-23-8-12-24(37-3)13-9-23/h4-18,30-31H,1-3H3,(H,29,32). The fourth-order valence-electron chi connectivity index (χ4n) is 3.59. The first kappa shape index (κ1) is 27.7. The summed E-state index contributed by atoms with van der Waals surface area (Å²) in [6.45, 7) is 3.59. The minimum atomic E-state index is -3.85. The molecular weight excluding hydrogens is 538 g/mol. The van der Waals surface area contributed by atoms with Crippen molar-refractivity contribution >= 4 is 43.0 Å². The topological polar surface area (TPSA) is 131 Å². The molecule has 39 heavy (non-hydrogen) atoms. The number of hydrogen-bond acceptors (Lipinski definition) is 6. The fourth-order valence-corrected chi connectivity index (χ4v) is 5.77. The number of methoxy groups -OCH3 is 1. The Morgan fingerprint density at radius 2 is 1.21 bits per heavy atom. The van der Waals surface area contributed by atoms with Crippen LogP contribution in [0.25, 0.3) is 0 Å². The average Bonchev–Trinajstić information content (AvgIpc) is 2.90. The number of carbonyl (C=O) groups is 1. The maximum Gasteiger partial charge on any atom is 0.261 e. The summed E-state index contributed by atoms with van der Waals surface area (Å²) in [6.07, 6.45) is 0. The van der Waals surface area contributed by atoms with Crippen molar-refractivity contribution in [1.82, 2.24) is 0 Å². The zero-order valence-corrected chi connectivity index (χ0v) is 23.1. The molecule has 1 amide bonds. The van der Waals surface area contributed by atoms with Crippen LogP contribution in [-0.4, -0.2) is 29.9 Å².